The predicted octanol–water partition coefficient (Wildman–Crippen LogP) is 3.11. The molecule has 1 nitrogen and oxygen atoms in total. The van der Waals surface area contributed by atoms with E-state index in [4.69, 9.17) is 0 Å². The molecule has 0 bridgehead atoms. The fourth-order valence-corrected chi connectivity index (χ4v) is 1.64. The summed E-state index contributed by atoms with van der Waals surface area (Å²) >= 11 is 0. The van der Waals surface area contributed by atoms with Crippen LogP contribution in [0.4, 0.5) is 13.2 Å². The number of hydrogen-bond donors (Lipinski definition) is 1. The molecule has 0 radical (unpaired) electrons. The van der Waals surface area contributed by atoms with Crippen LogP contribution >= 0.6 is 0 Å². The van der Waals surface area contributed by atoms with Crippen LogP contribution in [-0.4, -0.2) is 18.8 Å². The molecule has 1 atom stereocenters. The van der Waals surface area contributed by atoms with Crippen molar-refractivity contribution in [1.29, 1.82) is 0 Å². The first-order valence-electron chi connectivity index (χ1n) is 5.17. The number of halogens is 3. The summed E-state index contributed by atoms with van der Waals surface area (Å²) < 4.78 is 36.0. The van der Waals surface area contributed by atoms with Crippen molar-refractivity contribution in [3.63, 3.8) is 0 Å². The molecule has 1 aliphatic rings. The van der Waals surface area contributed by atoms with E-state index in [0.717, 1.165) is 25.8 Å². The Hall–Kier alpha value is -0.250. The summed E-state index contributed by atoms with van der Waals surface area (Å²) in [5, 5.41) is 2.97. The summed E-state index contributed by atoms with van der Waals surface area (Å²) in [5.41, 5.74) is 0.319. The summed E-state index contributed by atoms with van der Waals surface area (Å²) in [6.45, 7) is 4.43. The molecule has 0 amide bonds. The molecule has 0 aliphatic heterocycles. The topological polar surface area (TPSA) is 12.0 Å². The van der Waals surface area contributed by atoms with Crippen LogP contribution in [0.1, 0.15) is 39.5 Å². The fourth-order valence-electron chi connectivity index (χ4n) is 1.64. The second-order valence-corrected chi connectivity index (χ2v) is 4.45. The monoisotopic (exact) mass is 209 g/mol. The second-order valence-electron chi connectivity index (χ2n) is 4.45. The molecular formula is C10H18F3N. The van der Waals surface area contributed by atoms with Gasteiger partial charge < -0.3 is 5.32 Å². The molecular weight excluding hydrogens is 191 g/mol. The van der Waals surface area contributed by atoms with E-state index in [1.54, 1.807) is 6.92 Å². The lowest BCUT2D eigenvalue weighted by atomic mass is 10.0. The summed E-state index contributed by atoms with van der Waals surface area (Å²) in [7, 11) is 0. The van der Waals surface area contributed by atoms with Gasteiger partial charge in [0, 0.05) is 12.6 Å². The van der Waals surface area contributed by atoms with Crippen molar-refractivity contribution in [2.75, 3.05) is 6.54 Å². The molecule has 1 saturated carbocycles. The van der Waals surface area contributed by atoms with E-state index in [2.05, 4.69) is 12.2 Å². The molecule has 84 valence electrons. The summed E-state index contributed by atoms with van der Waals surface area (Å²) in [5.74, 6) is 0. The van der Waals surface area contributed by atoms with E-state index in [-0.39, 0.29) is 0 Å². The lowest BCUT2D eigenvalue weighted by molar-refractivity contribution is -0.139. The molecule has 0 aromatic rings. The molecule has 0 aromatic carbocycles. The predicted molar refractivity (Wildman–Crippen MR) is 50.1 cm³/mol. The van der Waals surface area contributed by atoms with Gasteiger partial charge in [0.1, 0.15) is 0 Å². The molecule has 0 aromatic heterocycles. The van der Waals surface area contributed by atoms with Gasteiger partial charge in [-0.3, -0.25) is 0 Å². The maximum absolute atomic E-state index is 12.0. The molecule has 1 N–H and O–H groups in total. The van der Waals surface area contributed by atoms with Gasteiger partial charge in [0.15, 0.2) is 0 Å². The first kappa shape index (κ1) is 11.8. The number of nitrogens with one attached hydrogen (secondary N) is 1. The zero-order valence-electron chi connectivity index (χ0n) is 8.75. The van der Waals surface area contributed by atoms with Gasteiger partial charge in [-0.2, -0.15) is 13.2 Å². The smallest absolute Gasteiger partial charge is 0.313 e. The Balaban J connectivity index is 2.18. The molecule has 0 saturated heterocycles. The van der Waals surface area contributed by atoms with E-state index in [9.17, 15) is 13.2 Å². The highest BCUT2D eigenvalue weighted by Crippen LogP contribution is 2.47. The molecule has 0 heterocycles. The largest absolute Gasteiger partial charge is 0.390 e. The molecule has 14 heavy (non-hydrogen) atoms. The summed E-state index contributed by atoms with van der Waals surface area (Å²) in [6, 6.07) is -0.459. The van der Waals surface area contributed by atoms with Gasteiger partial charge in [-0.05, 0) is 31.6 Å². The van der Waals surface area contributed by atoms with Crippen molar-refractivity contribution in [2.45, 2.75) is 51.7 Å². The van der Waals surface area contributed by atoms with Crippen molar-refractivity contribution in [2.24, 2.45) is 5.41 Å². The van der Waals surface area contributed by atoms with Crippen LogP contribution in [0, 0.1) is 5.41 Å². The van der Waals surface area contributed by atoms with E-state index in [1.807, 2.05) is 0 Å². The van der Waals surface area contributed by atoms with Crippen LogP contribution in [-0.2, 0) is 0 Å². The SMILES string of the molecule is CCC1(CNC(C)CC(F)(F)F)CC1. The van der Waals surface area contributed by atoms with Crippen molar-refractivity contribution in [3.05, 3.63) is 0 Å². The minimum atomic E-state index is -4.05. The Morgan fingerprint density at radius 1 is 1.36 bits per heavy atom. The van der Waals surface area contributed by atoms with Crippen molar-refractivity contribution in [3.8, 4) is 0 Å². The van der Waals surface area contributed by atoms with Gasteiger partial charge in [0.2, 0.25) is 0 Å². The van der Waals surface area contributed by atoms with Crippen LogP contribution in [0.25, 0.3) is 0 Å². The highest BCUT2D eigenvalue weighted by Gasteiger charge is 2.40. The lowest BCUT2D eigenvalue weighted by Gasteiger charge is -2.19. The molecule has 4 heteroatoms. The van der Waals surface area contributed by atoms with E-state index < -0.39 is 18.6 Å². The van der Waals surface area contributed by atoms with E-state index >= 15 is 0 Å². The first-order valence-corrected chi connectivity index (χ1v) is 5.17. The number of hydrogen-bond acceptors (Lipinski definition) is 1. The van der Waals surface area contributed by atoms with E-state index in [0.29, 0.717) is 5.41 Å². The molecule has 0 spiro atoms. The lowest BCUT2D eigenvalue weighted by Crippen LogP contribution is -2.35. The third-order valence-electron chi connectivity index (χ3n) is 3.07. The second kappa shape index (κ2) is 4.09. The van der Waals surface area contributed by atoms with Gasteiger partial charge in [0.05, 0.1) is 6.42 Å². The highest BCUT2D eigenvalue weighted by molar-refractivity contribution is 4.94. The Bertz CT molecular complexity index is 184. The van der Waals surface area contributed by atoms with Gasteiger partial charge in [-0.1, -0.05) is 6.92 Å². The average molecular weight is 209 g/mol. The fraction of sp³-hybridized carbons (Fsp3) is 1.00. The van der Waals surface area contributed by atoms with Crippen LogP contribution in [0.15, 0.2) is 0 Å². The Kier molecular flexibility index (Phi) is 3.45. The van der Waals surface area contributed by atoms with Crippen LogP contribution in [0.5, 0.6) is 0 Å². The van der Waals surface area contributed by atoms with Gasteiger partial charge >= 0.3 is 6.18 Å². The minimum Gasteiger partial charge on any atom is -0.313 e. The zero-order chi connectivity index (χ0) is 10.8. The van der Waals surface area contributed by atoms with Gasteiger partial charge in [0.25, 0.3) is 0 Å². The van der Waals surface area contributed by atoms with Crippen LogP contribution < -0.4 is 5.32 Å². The van der Waals surface area contributed by atoms with Gasteiger partial charge in [-0.25, -0.2) is 0 Å². The van der Waals surface area contributed by atoms with Crippen molar-refractivity contribution in [1.82, 2.24) is 5.32 Å². The number of rotatable bonds is 5. The Labute approximate surface area is 83.1 Å². The number of alkyl halides is 3. The highest BCUT2D eigenvalue weighted by atomic mass is 19.4. The maximum Gasteiger partial charge on any atom is 0.390 e. The maximum atomic E-state index is 12.0. The third kappa shape index (κ3) is 3.86. The molecule has 1 rings (SSSR count). The van der Waals surface area contributed by atoms with Crippen LogP contribution in [0.2, 0.25) is 0 Å². The summed E-state index contributed by atoms with van der Waals surface area (Å²) in [4.78, 5) is 0. The molecule has 1 unspecified atom stereocenters. The van der Waals surface area contributed by atoms with Crippen LogP contribution in [0.3, 0.4) is 0 Å². The normalized spacial score (nSPS) is 22.1. The summed E-state index contributed by atoms with van der Waals surface area (Å²) in [6.07, 6.45) is -1.38. The quantitative estimate of drug-likeness (QED) is 0.733. The van der Waals surface area contributed by atoms with Crippen molar-refractivity contribution >= 4 is 0 Å². The average Bonchev–Trinajstić information content (AvgIpc) is 2.78. The Morgan fingerprint density at radius 3 is 2.29 bits per heavy atom. The standard InChI is InChI=1S/C10H18F3N/c1-3-9(4-5-9)7-14-8(2)6-10(11,12)13/h8,14H,3-7H2,1-2H3. The third-order valence-corrected chi connectivity index (χ3v) is 3.07. The van der Waals surface area contributed by atoms with Crippen molar-refractivity contribution < 1.29 is 13.2 Å². The zero-order valence-corrected chi connectivity index (χ0v) is 8.75. The minimum absolute atomic E-state index is 0.319. The van der Waals surface area contributed by atoms with E-state index in [1.165, 1.54) is 0 Å². The van der Waals surface area contributed by atoms with Gasteiger partial charge in [-0.15, -0.1) is 0 Å². The molecule has 1 aliphatic carbocycles. The first-order chi connectivity index (χ1) is 6.37. The molecule has 1 fully saturated rings. The Morgan fingerprint density at radius 2 is 1.93 bits per heavy atom.